The predicted octanol–water partition coefficient (Wildman–Crippen LogP) is 8.32. The molecule has 0 aliphatic heterocycles. The molecule has 2 atom stereocenters. The van der Waals surface area contributed by atoms with Crippen molar-refractivity contribution in [1.29, 1.82) is 0 Å². The molecule has 0 heterocycles. The standard InChI is InChI=1S/C40H72NO12P/c1-34(2)39(44)48-29-24-20-16-12-8-10-14-18-22-26-37(42)50-32-36(33-52-54(46,47)51-31-28-41(5,6)7)53-38(43)27-23-19-15-11-9-13-17-21-25-30-49-40(45)35(3)4/h36H,1,3,8-33H2,2,4-7H3/p+1/t36-/m1/s1. The summed E-state index contributed by atoms with van der Waals surface area (Å²) >= 11 is 0. The number of hydrogen-bond donors (Lipinski definition) is 1. The lowest BCUT2D eigenvalue weighted by molar-refractivity contribution is -0.870. The zero-order valence-corrected chi connectivity index (χ0v) is 35.1. The van der Waals surface area contributed by atoms with E-state index in [4.69, 9.17) is 28.0 Å². The first-order valence-corrected chi connectivity index (χ1v) is 21.4. The topological polar surface area (TPSA) is 161 Å². The summed E-state index contributed by atoms with van der Waals surface area (Å²) in [6.45, 7) is 11.0. The second-order valence-electron chi connectivity index (χ2n) is 15.1. The van der Waals surface area contributed by atoms with E-state index in [2.05, 4.69) is 13.2 Å². The van der Waals surface area contributed by atoms with Gasteiger partial charge in [0, 0.05) is 24.0 Å². The number of esters is 4. The van der Waals surface area contributed by atoms with E-state index >= 15 is 0 Å². The quantitative estimate of drug-likeness (QED) is 0.0162. The van der Waals surface area contributed by atoms with Gasteiger partial charge in [-0.05, 0) is 39.5 Å². The zero-order valence-electron chi connectivity index (χ0n) is 34.2. The van der Waals surface area contributed by atoms with Gasteiger partial charge in [0.25, 0.3) is 0 Å². The monoisotopic (exact) mass is 790 g/mol. The minimum atomic E-state index is -4.41. The second kappa shape index (κ2) is 31.6. The van der Waals surface area contributed by atoms with Crippen LogP contribution in [-0.2, 0) is 51.7 Å². The van der Waals surface area contributed by atoms with E-state index in [0.29, 0.717) is 48.2 Å². The van der Waals surface area contributed by atoms with Crippen molar-refractivity contribution < 1.29 is 61.1 Å². The number of hydrogen-bond acceptors (Lipinski definition) is 11. The molecule has 0 spiro atoms. The number of nitrogens with zero attached hydrogens (tertiary/aromatic N) is 1. The van der Waals surface area contributed by atoms with Crippen LogP contribution in [0, 0.1) is 0 Å². The van der Waals surface area contributed by atoms with Gasteiger partial charge in [-0.25, -0.2) is 14.2 Å². The first kappa shape index (κ1) is 51.4. The Morgan fingerprint density at radius 3 is 1.35 bits per heavy atom. The summed E-state index contributed by atoms with van der Waals surface area (Å²) in [4.78, 5) is 58.0. The van der Waals surface area contributed by atoms with Gasteiger partial charge in [0.2, 0.25) is 0 Å². The van der Waals surface area contributed by atoms with Crippen LogP contribution in [-0.4, -0.2) is 100 Å². The highest BCUT2D eigenvalue weighted by atomic mass is 31.2. The smallest absolute Gasteiger partial charge is 0.462 e. The molecule has 13 nitrogen and oxygen atoms in total. The van der Waals surface area contributed by atoms with Crippen LogP contribution in [0.5, 0.6) is 0 Å². The van der Waals surface area contributed by atoms with Gasteiger partial charge in [-0.1, -0.05) is 103 Å². The summed E-state index contributed by atoms with van der Waals surface area (Å²) in [6.07, 6.45) is 16.8. The van der Waals surface area contributed by atoms with Gasteiger partial charge < -0.3 is 28.3 Å². The van der Waals surface area contributed by atoms with E-state index in [1.54, 1.807) is 13.8 Å². The van der Waals surface area contributed by atoms with E-state index in [1.807, 2.05) is 21.1 Å². The highest BCUT2D eigenvalue weighted by molar-refractivity contribution is 7.47. The van der Waals surface area contributed by atoms with Crippen molar-refractivity contribution in [1.82, 2.24) is 0 Å². The lowest BCUT2D eigenvalue weighted by atomic mass is 10.1. The first-order valence-electron chi connectivity index (χ1n) is 19.9. The number of carbonyl (C=O) groups excluding carboxylic acids is 4. The molecule has 314 valence electrons. The molecule has 0 aliphatic rings. The molecule has 0 aromatic carbocycles. The van der Waals surface area contributed by atoms with Crippen LogP contribution in [0.1, 0.15) is 142 Å². The van der Waals surface area contributed by atoms with E-state index in [-0.39, 0.29) is 38.0 Å². The third kappa shape index (κ3) is 34.0. The van der Waals surface area contributed by atoms with Gasteiger partial charge in [-0.3, -0.25) is 18.6 Å². The van der Waals surface area contributed by atoms with Crippen LogP contribution in [0.15, 0.2) is 24.3 Å². The Morgan fingerprint density at radius 2 is 0.944 bits per heavy atom. The SMILES string of the molecule is C=C(C)C(=O)OCCCCCCCCCCCC(=O)OC[C@H](COP(=O)(O)OCC[N+](C)(C)C)OC(=O)CCCCCCCCCCCOC(=O)C(=C)C. The third-order valence-electron chi connectivity index (χ3n) is 8.38. The average Bonchev–Trinajstić information content (AvgIpc) is 3.09. The molecule has 14 heteroatoms. The van der Waals surface area contributed by atoms with Crippen LogP contribution in [0.4, 0.5) is 0 Å². The molecule has 1 unspecified atom stereocenters. The molecule has 54 heavy (non-hydrogen) atoms. The van der Waals surface area contributed by atoms with Crippen molar-refractivity contribution in [3.05, 3.63) is 24.3 Å². The van der Waals surface area contributed by atoms with Crippen LogP contribution >= 0.6 is 7.82 Å². The van der Waals surface area contributed by atoms with Crippen LogP contribution in [0.2, 0.25) is 0 Å². The van der Waals surface area contributed by atoms with Gasteiger partial charge in [0.05, 0.1) is 41.0 Å². The van der Waals surface area contributed by atoms with Gasteiger partial charge in [0.1, 0.15) is 19.8 Å². The number of quaternary nitrogens is 1. The first-order chi connectivity index (χ1) is 25.5. The zero-order chi connectivity index (χ0) is 40.7. The number of carbonyl (C=O) groups is 4. The summed E-state index contributed by atoms with van der Waals surface area (Å²) in [5.74, 6) is -1.60. The lowest BCUT2D eigenvalue weighted by Gasteiger charge is -2.24. The molecule has 0 fully saturated rings. The molecule has 0 aliphatic carbocycles. The summed E-state index contributed by atoms with van der Waals surface area (Å²) in [6, 6.07) is 0. The fourth-order valence-corrected chi connectivity index (χ4v) is 5.80. The normalized spacial score (nSPS) is 13.1. The molecule has 0 bridgehead atoms. The predicted molar refractivity (Wildman–Crippen MR) is 209 cm³/mol. The fourth-order valence-electron chi connectivity index (χ4n) is 5.06. The number of rotatable bonds is 36. The number of phosphoric ester groups is 1. The van der Waals surface area contributed by atoms with Gasteiger partial charge >= 0.3 is 31.7 Å². The maximum atomic E-state index is 12.6. The van der Waals surface area contributed by atoms with Crippen LogP contribution in [0.3, 0.4) is 0 Å². The van der Waals surface area contributed by atoms with Crippen molar-refractivity contribution in [3.63, 3.8) is 0 Å². The highest BCUT2D eigenvalue weighted by Crippen LogP contribution is 2.43. The minimum absolute atomic E-state index is 0.00152. The van der Waals surface area contributed by atoms with Gasteiger partial charge in [-0.15, -0.1) is 0 Å². The molecular weight excluding hydrogens is 717 g/mol. The molecule has 0 saturated carbocycles. The molecule has 0 saturated heterocycles. The molecule has 0 amide bonds. The molecule has 0 aromatic rings. The molecular formula is C40H73NO12P+. The Bertz CT molecular complexity index is 1140. The van der Waals surface area contributed by atoms with Gasteiger partial charge in [0.15, 0.2) is 6.10 Å². The maximum absolute atomic E-state index is 12.6. The Hall–Kier alpha value is -2.57. The summed E-state index contributed by atoms with van der Waals surface area (Å²) in [7, 11) is 1.36. The minimum Gasteiger partial charge on any atom is -0.462 e. The second-order valence-corrected chi connectivity index (χ2v) is 16.6. The molecule has 0 radical (unpaired) electrons. The van der Waals surface area contributed by atoms with Crippen molar-refractivity contribution in [2.24, 2.45) is 0 Å². The third-order valence-corrected chi connectivity index (χ3v) is 9.37. The lowest BCUT2D eigenvalue weighted by Crippen LogP contribution is -2.37. The number of unbranched alkanes of at least 4 members (excludes halogenated alkanes) is 16. The van der Waals surface area contributed by atoms with E-state index < -0.39 is 32.5 Å². The van der Waals surface area contributed by atoms with Crippen molar-refractivity contribution in [2.75, 3.05) is 60.7 Å². The van der Waals surface area contributed by atoms with Crippen LogP contribution < -0.4 is 0 Å². The molecule has 1 N–H and O–H groups in total. The van der Waals surface area contributed by atoms with E-state index in [1.165, 1.54) is 0 Å². The largest absolute Gasteiger partial charge is 0.472 e. The number of phosphoric acid groups is 1. The Balaban J connectivity index is 4.39. The Morgan fingerprint density at radius 1 is 0.556 bits per heavy atom. The number of ether oxygens (including phenoxy) is 4. The molecule has 0 aromatic heterocycles. The molecule has 0 rings (SSSR count). The summed E-state index contributed by atoms with van der Waals surface area (Å²) in [5.41, 5.74) is 0.826. The fraction of sp³-hybridized carbons (Fsp3) is 0.800. The number of likely N-dealkylation sites (N-methyl/N-ethyl adjacent to an activating group) is 1. The highest BCUT2D eigenvalue weighted by Gasteiger charge is 2.27. The van der Waals surface area contributed by atoms with Crippen molar-refractivity contribution in [3.8, 4) is 0 Å². The van der Waals surface area contributed by atoms with Crippen LogP contribution in [0.25, 0.3) is 0 Å². The van der Waals surface area contributed by atoms with E-state index in [9.17, 15) is 28.6 Å². The van der Waals surface area contributed by atoms with E-state index in [0.717, 1.165) is 103 Å². The van der Waals surface area contributed by atoms with Gasteiger partial charge in [-0.2, -0.15) is 0 Å². The van der Waals surface area contributed by atoms with Crippen molar-refractivity contribution in [2.45, 2.75) is 148 Å². The Labute approximate surface area is 325 Å². The Kier molecular flexibility index (Phi) is 30.1. The average molecular weight is 791 g/mol. The summed E-state index contributed by atoms with van der Waals surface area (Å²) < 4.78 is 44.3. The maximum Gasteiger partial charge on any atom is 0.472 e. The summed E-state index contributed by atoms with van der Waals surface area (Å²) in [5, 5.41) is 0. The van der Waals surface area contributed by atoms with Crippen molar-refractivity contribution >= 4 is 31.7 Å².